The number of nitrogens with one attached hydrogen (secondary N) is 1. The normalized spacial score (nSPS) is 19.6. The van der Waals surface area contributed by atoms with Crippen molar-refractivity contribution in [2.45, 2.75) is 26.3 Å². The summed E-state index contributed by atoms with van der Waals surface area (Å²) in [5.74, 6) is 0. The highest BCUT2D eigenvalue weighted by Gasteiger charge is 2.21. The molecule has 1 atom stereocenters. The number of nitrogens with zero attached hydrogens (tertiary/aromatic N) is 2. The van der Waals surface area contributed by atoms with Gasteiger partial charge in [0.2, 0.25) is 0 Å². The van der Waals surface area contributed by atoms with E-state index in [1.807, 2.05) is 11.8 Å². The van der Waals surface area contributed by atoms with E-state index >= 15 is 0 Å². The molecule has 1 aliphatic rings. The third-order valence-corrected chi connectivity index (χ3v) is 3.15. The highest BCUT2D eigenvalue weighted by atomic mass is 16.3. The van der Waals surface area contributed by atoms with Crippen LogP contribution in [0.1, 0.15) is 20.3 Å². The standard InChI is InChI=1S/C11H23N3O2/c1-3-10(9-15)12-11(16)14-7-5-13(4-2)6-8-14/h10,15H,3-9H2,1-2H3,(H,12,16). The van der Waals surface area contributed by atoms with Gasteiger partial charge in [0.1, 0.15) is 0 Å². The van der Waals surface area contributed by atoms with Crippen molar-refractivity contribution in [3.8, 4) is 0 Å². The van der Waals surface area contributed by atoms with E-state index in [0.29, 0.717) is 0 Å². The molecule has 1 rings (SSSR count). The second-order valence-electron chi connectivity index (χ2n) is 4.16. The summed E-state index contributed by atoms with van der Waals surface area (Å²) >= 11 is 0. The van der Waals surface area contributed by atoms with E-state index < -0.39 is 0 Å². The molecule has 2 N–H and O–H groups in total. The Bertz CT molecular complexity index is 211. The summed E-state index contributed by atoms with van der Waals surface area (Å²) in [7, 11) is 0. The van der Waals surface area contributed by atoms with E-state index in [4.69, 9.17) is 5.11 Å². The smallest absolute Gasteiger partial charge is 0.317 e. The summed E-state index contributed by atoms with van der Waals surface area (Å²) in [6.07, 6.45) is 0.761. The Balaban J connectivity index is 2.32. The monoisotopic (exact) mass is 229 g/mol. The van der Waals surface area contributed by atoms with Crippen molar-refractivity contribution in [3.63, 3.8) is 0 Å². The first-order valence-electron chi connectivity index (χ1n) is 6.09. The van der Waals surface area contributed by atoms with Crippen LogP contribution in [0.2, 0.25) is 0 Å². The van der Waals surface area contributed by atoms with Gasteiger partial charge < -0.3 is 20.2 Å². The molecule has 0 aliphatic carbocycles. The van der Waals surface area contributed by atoms with Gasteiger partial charge in [-0.05, 0) is 13.0 Å². The molecule has 1 unspecified atom stereocenters. The SMILES string of the molecule is CCC(CO)NC(=O)N1CCN(CC)CC1. The maximum Gasteiger partial charge on any atom is 0.317 e. The number of hydrogen-bond acceptors (Lipinski definition) is 3. The molecule has 0 radical (unpaired) electrons. The Morgan fingerprint density at radius 1 is 1.31 bits per heavy atom. The third kappa shape index (κ3) is 3.64. The molecule has 1 aliphatic heterocycles. The van der Waals surface area contributed by atoms with Crippen LogP contribution in [-0.4, -0.2) is 66.3 Å². The van der Waals surface area contributed by atoms with Gasteiger partial charge in [-0.15, -0.1) is 0 Å². The Morgan fingerprint density at radius 3 is 2.38 bits per heavy atom. The molecular formula is C11H23N3O2. The van der Waals surface area contributed by atoms with Crippen molar-refractivity contribution >= 4 is 6.03 Å². The average molecular weight is 229 g/mol. The molecule has 5 nitrogen and oxygen atoms in total. The first-order chi connectivity index (χ1) is 7.71. The zero-order valence-electron chi connectivity index (χ0n) is 10.3. The number of rotatable bonds is 4. The number of urea groups is 1. The summed E-state index contributed by atoms with van der Waals surface area (Å²) in [5, 5.41) is 11.8. The average Bonchev–Trinajstić information content (AvgIpc) is 2.35. The number of piperazine rings is 1. The second kappa shape index (κ2) is 6.70. The molecule has 0 aromatic carbocycles. The van der Waals surface area contributed by atoms with Gasteiger partial charge in [0, 0.05) is 26.2 Å². The highest BCUT2D eigenvalue weighted by Crippen LogP contribution is 2.02. The number of carbonyl (C=O) groups excluding carboxylic acids is 1. The van der Waals surface area contributed by atoms with Crippen molar-refractivity contribution in [3.05, 3.63) is 0 Å². The zero-order chi connectivity index (χ0) is 12.0. The summed E-state index contributed by atoms with van der Waals surface area (Å²) in [4.78, 5) is 16.0. The molecule has 16 heavy (non-hydrogen) atoms. The van der Waals surface area contributed by atoms with E-state index in [0.717, 1.165) is 39.1 Å². The zero-order valence-corrected chi connectivity index (χ0v) is 10.3. The Labute approximate surface area is 97.4 Å². The van der Waals surface area contributed by atoms with Crippen LogP contribution in [0.15, 0.2) is 0 Å². The van der Waals surface area contributed by atoms with E-state index in [-0.39, 0.29) is 18.7 Å². The largest absolute Gasteiger partial charge is 0.394 e. The minimum Gasteiger partial charge on any atom is -0.394 e. The van der Waals surface area contributed by atoms with E-state index in [2.05, 4.69) is 17.1 Å². The van der Waals surface area contributed by atoms with Crippen LogP contribution in [0.3, 0.4) is 0 Å². The molecule has 0 aromatic heterocycles. The van der Waals surface area contributed by atoms with Gasteiger partial charge in [-0.2, -0.15) is 0 Å². The van der Waals surface area contributed by atoms with Crippen LogP contribution in [0.25, 0.3) is 0 Å². The molecule has 0 bridgehead atoms. The van der Waals surface area contributed by atoms with E-state index in [1.54, 1.807) is 0 Å². The number of carbonyl (C=O) groups is 1. The molecule has 1 saturated heterocycles. The number of hydrogen-bond donors (Lipinski definition) is 2. The minimum atomic E-state index is -0.114. The Morgan fingerprint density at radius 2 is 1.94 bits per heavy atom. The Kier molecular flexibility index (Phi) is 5.55. The predicted octanol–water partition coefficient (Wildman–Crippen LogP) is 0.104. The highest BCUT2D eigenvalue weighted by molar-refractivity contribution is 5.74. The van der Waals surface area contributed by atoms with Gasteiger partial charge in [0.15, 0.2) is 0 Å². The lowest BCUT2D eigenvalue weighted by Crippen LogP contribution is -2.53. The van der Waals surface area contributed by atoms with Crippen LogP contribution >= 0.6 is 0 Å². The van der Waals surface area contributed by atoms with Crippen LogP contribution in [0.5, 0.6) is 0 Å². The maximum absolute atomic E-state index is 11.8. The molecule has 0 aromatic rings. The van der Waals surface area contributed by atoms with Gasteiger partial charge in [0.05, 0.1) is 12.6 Å². The number of aliphatic hydroxyl groups excluding tert-OH is 1. The van der Waals surface area contributed by atoms with Gasteiger partial charge in [-0.25, -0.2) is 4.79 Å². The number of likely N-dealkylation sites (N-methyl/N-ethyl adjacent to an activating group) is 1. The molecular weight excluding hydrogens is 206 g/mol. The van der Waals surface area contributed by atoms with Crippen LogP contribution in [0.4, 0.5) is 4.79 Å². The minimum absolute atomic E-state index is 0.0111. The van der Waals surface area contributed by atoms with Crippen LogP contribution in [-0.2, 0) is 0 Å². The fourth-order valence-corrected chi connectivity index (χ4v) is 1.81. The lowest BCUT2D eigenvalue weighted by molar-refractivity contribution is 0.136. The second-order valence-corrected chi connectivity index (χ2v) is 4.16. The van der Waals surface area contributed by atoms with E-state index in [1.165, 1.54) is 0 Å². The first-order valence-corrected chi connectivity index (χ1v) is 6.09. The topological polar surface area (TPSA) is 55.8 Å². The van der Waals surface area contributed by atoms with Crippen molar-refractivity contribution in [1.29, 1.82) is 0 Å². The molecule has 1 heterocycles. The molecule has 0 saturated carbocycles. The predicted molar refractivity (Wildman–Crippen MR) is 63.4 cm³/mol. The quantitative estimate of drug-likeness (QED) is 0.719. The van der Waals surface area contributed by atoms with Crippen molar-refractivity contribution < 1.29 is 9.90 Å². The van der Waals surface area contributed by atoms with Gasteiger partial charge >= 0.3 is 6.03 Å². The summed E-state index contributed by atoms with van der Waals surface area (Å²) in [6, 6.07) is -0.159. The molecule has 5 heteroatoms. The van der Waals surface area contributed by atoms with Crippen LogP contribution in [0, 0.1) is 0 Å². The fraction of sp³-hybridized carbons (Fsp3) is 0.909. The summed E-state index contributed by atoms with van der Waals surface area (Å²) in [6.45, 7) is 8.59. The van der Waals surface area contributed by atoms with Crippen LogP contribution < -0.4 is 5.32 Å². The van der Waals surface area contributed by atoms with Crippen molar-refractivity contribution in [2.75, 3.05) is 39.3 Å². The molecule has 1 fully saturated rings. The van der Waals surface area contributed by atoms with Gasteiger partial charge in [0.25, 0.3) is 0 Å². The number of amides is 2. The van der Waals surface area contributed by atoms with Crippen molar-refractivity contribution in [2.24, 2.45) is 0 Å². The Hall–Kier alpha value is -0.810. The first kappa shape index (κ1) is 13.3. The fourth-order valence-electron chi connectivity index (χ4n) is 1.81. The maximum atomic E-state index is 11.8. The summed E-state index contributed by atoms with van der Waals surface area (Å²) in [5.41, 5.74) is 0. The van der Waals surface area contributed by atoms with E-state index in [9.17, 15) is 4.79 Å². The molecule has 0 spiro atoms. The lowest BCUT2D eigenvalue weighted by Gasteiger charge is -2.34. The van der Waals surface area contributed by atoms with Crippen molar-refractivity contribution in [1.82, 2.24) is 15.1 Å². The van der Waals surface area contributed by atoms with Gasteiger partial charge in [-0.3, -0.25) is 0 Å². The lowest BCUT2D eigenvalue weighted by atomic mass is 10.2. The molecule has 94 valence electrons. The van der Waals surface area contributed by atoms with Gasteiger partial charge in [-0.1, -0.05) is 13.8 Å². The summed E-state index contributed by atoms with van der Waals surface area (Å²) < 4.78 is 0. The molecule has 2 amide bonds. The number of aliphatic hydroxyl groups is 1. The third-order valence-electron chi connectivity index (χ3n) is 3.15.